The van der Waals surface area contributed by atoms with Crippen LogP contribution in [0.2, 0.25) is 0 Å². The lowest BCUT2D eigenvalue weighted by atomic mass is 10.2. The number of rotatable bonds is 2. The Hall–Kier alpha value is -1.76. The van der Waals surface area contributed by atoms with E-state index < -0.39 is 0 Å². The molecule has 0 spiro atoms. The number of anilines is 1. The lowest BCUT2D eigenvalue weighted by Gasteiger charge is -2.06. The van der Waals surface area contributed by atoms with E-state index in [0.717, 1.165) is 17.8 Å². The molecule has 0 atom stereocenters. The Balaban J connectivity index is 2.15. The van der Waals surface area contributed by atoms with Crippen molar-refractivity contribution in [3.8, 4) is 0 Å². The van der Waals surface area contributed by atoms with Gasteiger partial charge >= 0.3 is 0 Å². The van der Waals surface area contributed by atoms with E-state index in [0.29, 0.717) is 0 Å². The number of allylic oxidation sites excluding steroid dienone is 5. The highest BCUT2D eigenvalue weighted by Gasteiger charge is 1.96. The van der Waals surface area contributed by atoms with Gasteiger partial charge in [0.15, 0.2) is 0 Å². The summed E-state index contributed by atoms with van der Waals surface area (Å²) in [7, 11) is 0. The zero-order chi connectivity index (χ0) is 10.5. The highest BCUT2D eigenvalue weighted by molar-refractivity contribution is 5.52. The van der Waals surface area contributed by atoms with Crippen molar-refractivity contribution in [2.24, 2.45) is 0 Å². The summed E-state index contributed by atoms with van der Waals surface area (Å²) in [6.07, 6.45) is 9.69. The minimum Gasteiger partial charge on any atom is -0.356 e. The molecule has 0 saturated carbocycles. The Morgan fingerprint density at radius 1 is 1.13 bits per heavy atom. The van der Waals surface area contributed by atoms with Crippen LogP contribution in [0.4, 0.5) is 5.69 Å². The van der Waals surface area contributed by atoms with Gasteiger partial charge < -0.3 is 5.32 Å². The third-order valence-electron chi connectivity index (χ3n) is 2.32. The molecule has 0 unspecified atom stereocenters. The Bertz CT molecular complexity index is 410. The quantitative estimate of drug-likeness (QED) is 0.758. The molecule has 0 heterocycles. The number of hydrogen-bond donors (Lipinski definition) is 1. The second-order valence-corrected chi connectivity index (χ2v) is 3.68. The molecule has 0 aliphatic heterocycles. The zero-order valence-electron chi connectivity index (χ0n) is 8.90. The van der Waals surface area contributed by atoms with E-state index in [4.69, 9.17) is 0 Å². The van der Waals surface area contributed by atoms with Crippen molar-refractivity contribution in [2.45, 2.75) is 13.3 Å². The monoisotopic (exact) mass is 197 g/mol. The minimum atomic E-state index is 1.02. The third kappa shape index (κ3) is 2.84. The maximum atomic E-state index is 3.38. The smallest absolute Gasteiger partial charge is 0.0384 e. The van der Waals surface area contributed by atoms with Gasteiger partial charge in [-0.3, -0.25) is 0 Å². The van der Waals surface area contributed by atoms with Crippen molar-refractivity contribution in [1.29, 1.82) is 0 Å². The van der Waals surface area contributed by atoms with Crippen LogP contribution in [0.15, 0.2) is 65.9 Å². The number of benzene rings is 1. The summed E-state index contributed by atoms with van der Waals surface area (Å²) >= 11 is 0. The van der Waals surface area contributed by atoms with Crippen molar-refractivity contribution in [3.63, 3.8) is 0 Å². The van der Waals surface area contributed by atoms with E-state index in [9.17, 15) is 0 Å². The van der Waals surface area contributed by atoms with Crippen LogP contribution in [0.25, 0.3) is 0 Å². The normalized spacial score (nSPS) is 15.3. The summed E-state index contributed by atoms with van der Waals surface area (Å²) in [5.74, 6) is 0. The van der Waals surface area contributed by atoms with Crippen LogP contribution in [-0.2, 0) is 0 Å². The standard InChI is InChI=1S/C14H15N/c1-12-7-5-6-10-14(11-12)15-13-8-3-2-4-9-13/h2-4,6-11,15H,5H2,1H3. The van der Waals surface area contributed by atoms with E-state index in [1.807, 2.05) is 18.2 Å². The number of hydrogen-bond acceptors (Lipinski definition) is 1. The molecular formula is C14H15N. The summed E-state index contributed by atoms with van der Waals surface area (Å²) in [6, 6.07) is 10.2. The maximum absolute atomic E-state index is 3.38. The molecule has 0 radical (unpaired) electrons. The van der Waals surface area contributed by atoms with Gasteiger partial charge in [-0.05, 0) is 37.6 Å². The molecule has 1 N–H and O–H groups in total. The van der Waals surface area contributed by atoms with Crippen molar-refractivity contribution in [2.75, 3.05) is 5.32 Å². The molecule has 0 saturated heterocycles. The lowest BCUT2D eigenvalue weighted by Crippen LogP contribution is -1.96. The van der Waals surface area contributed by atoms with Crippen LogP contribution in [-0.4, -0.2) is 0 Å². The molecule has 1 aromatic rings. The van der Waals surface area contributed by atoms with Crippen LogP contribution in [0.3, 0.4) is 0 Å². The van der Waals surface area contributed by atoms with Crippen molar-refractivity contribution in [3.05, 3.63) is 65.9 Å². The van der Waals surface area contributed by atoms with Crippen LogP contribution in [0, 0.1) is 0 Å². The molecule has 0 bridgehead atoms. The van der Waals surface area contributed by atoms with Gasteiger partial charge in [0.05, 0.1) is 0 Å². The van der Waals surface area contributed by atoms with E-state index in [-0.39, 0.29) is 0 Å². The molecule has 0 fully saturated rings. The fourth-order valence-electron chi connectivity index (χ4n) is 1.57. The Kier molecular flexibility index (Phi) is 3.03. The van der Waals surface area contributed by atoms with Gasteiger partial charge in [0, 0.05) is 11.4 Å². The second kappa shape index (κ2) is 4.65. The van der Waals surface area contributed by atoms with Gasteiger partial charge in [-0.2, -0.15) is 0 Å². The average Bonchev–Trinajstić information content (AvgIpc) is 2.44. The third-order valence-corrected chi connectivity index (χ3v) is 2.32. The second-order valence-electron chi connectivity index (χ2n) is 3.68. The molecule has 76 valence electrons. The molecule has 1 nitrogen and oxygen atoms in total. The van der Waals surface area contributed by atoms with Gasteiger partial charge in [-0.25, -0.2) is 0 Å². The number of para-hydroxylation sites is 1. The number of nitrogens with one attached hydrogen (secondary N) is 1. The van der Waals surface area contributed by atoms with Crippen molar-refractivity contribution >= 4 is 5.69 Å². The predicted octanol–water partition coefficient (Wildman–Crippen LogP) is 3.89. The van der Waals surface area contributed by atoms with Crippen LogP contribution < -0.4 is 5.32 Å². The molecule has 15 heavy (non-hydrogen) atoms. The van der Waals surface area contributed by atoms with Gasteiger partial charge in [-0.15, -0.1) is 0 Å². The fraction of sp³-hybridized carbons (Fsp3) is 0.143. The summed E-state index contributed by atoms with van der Waals surface area (Å²) in [5.41, 5.74) is 3.58. The molecule has 1 aliphatic carbocycles. The maximum Gasteiger partial charge on any atom is 0.0384 e. The highest BCUT2D eigenvalue weighted by atomic mass is 14.9. The zero-order valence-corrected chi connectivity index (χ0v) is 8.90. The van der Waals surface area contributed by atoms with E-state index in [1.165, 1.54) is 5.57 Å². The predicted molar refractivity (Wildman–Crippen MR) is 65.7 cm³/mol. The van der Waals surface area contributed by atoms with Crippen LogP contribution >= 0.6 is 0 Å². The fourth-order valence-corrected chi connectivity index (χ4v) is 1.57. The average molecular weight is 197 g/mol. The van der Waals surface area contributed by atoms with Gasteiger partial charge in [0.2, 0.25) is 0 Å². The first-order valence-corrected chi connectivity index (χ1v) is 5.22. The molecule has 0 aromatic heterocycles. The van der Waals surface area contributed by atoms with Crippen LogP contribution in [0.1, 0.15) is 13.3 Å². The highest BCUT2D eigenvalue weighted by Crippen LogP contribution is 2.14. The molecular weight excluding hydrogens is 182 g/mol. The first-order chi connectivity index (χ1) is 7.34. The van der Waals surface area contributed by atoms with Gasteiger partial charge in [-0.1, -0.05) is 35.9 Å². The molecule has 1 heteroatoms. The first kappa shape index (κ1) is 9.78. The minimum absolute atomic E-state index is 1.02. The Labute approximate surface area is 90.8 Å². The van der Waals surface area contributed by atoms with Crippen LogP contribution in [0.5, 0.6) is 0 Å². The van der Waals surface area contributed by atoms with Gasteiger partial charge in [0.1, 0.15) is 0 Å². The van der Waals surface area contributed by atoms with Gasteiger partial charge in [0.25, 0.3) is 0 Å². The SMILES string of the molecule is CC1=CCC=CC(Nc2ccccc2)=C1. The molecule has 1 aromatic carbocycles. The van der Waals surface area contributed by atoms with E-state index in [1.54, 1.807) is 0 Å². The topological polar surface area (TPSA) is 12.0 Å². The summed E-state index contributed by atoms with van der Waals surface area (Å²) in [4.78, 5) is 0. The van der Waals surface area contributed by atoms with Crippen molar-refractivity contribution < 1.29 is 0 Å². The van der Waals surface area contributed by atoms with E-state index in [2.05, 4.69) is 48.7 Å². The van der Waals surface area contributed by atoms with E-state index >= 15 is 0 Å². The summed E-state index contributed by atoms with van der Waals surface area (Å²) < 4.78 is 0. The Morgan fingerprint density at radius 2 is 1.93 bits per heavy atom. The molecule has 2 rings (SSSR count). The first-order valence-electron chi connectivity index (χ1n) is 5.22. The lowest BCUT2D eigenvalue weighted by molar-refractivity contribution is 1.35. The summed E-state index contributed by atoms with van der Waals surface area (Å²) in [6.45, 7) is 2.12. The summed E-state index contributed by atoms with van der Waals surface area (Å²) in [5, 5.41) is 3.38. The molecule has 0 amide bonds. The largest absolute Gasteiger partial charge is 0.356 e. The Morgan fingerprint density at radius 3 is 2.73 bits per heavy atom. The van der Waals surface area contributed by atoms with Crippen molar-refractivity contribution in [1.82, 2.24) is 0 Å². The molecule has 1 aliphatic rings.